The van der Waals surface area contributed by atoms with Crippen molar-refractivity contribution in [3.05, 3.63) is 46.5 Å². The second-order valence-corrected chi connectivity index (χ2v) is 12.0. The predicted molar refractivity (Wildman–Crippen MR) is 121 cm³/mol. The Kier molecular flexibility index (Phi) is 3.69. The number of cyclic esters (lactones) is 1. The van der Waals surface area contributed by atoms with E-state index in [1.165, 1.54) is 0 Å². The molecular weight excluding hydrogens is 462 g/mol. The summed E-state index contributed by atoms with van der Waals surface area (Å²) in [6.45, 7) is 6.80. The summed E-state index contributed by atoms with van der Waals surface area (Å²) in [6.07, 6.45) is 1.14. The Morgan fingerprint density at radius 2 is 1.94 bits per heavy atom. The fourth-order valence-corrected chi connectivity index (χ4v) is 8.70. The number of benzene rings is 1. The first-order valence-corrected chi connectivity index (χ1v) is 12.9. The molecule has 2 spiro atoms. The zero-order chi connectivity index (χ0) is 24.8. The summed E-state index contributed by atoms with van der Waals surface area (Å²) in [5.74, 6) is -0.422. The number of nitriles is 1. The number of hydrogen-bond acceptors (Lipinski definition) is 8. The lowest BCUT2D eigenvalue weighted by atomic mass is 9.46. The first-order valence-electron chi connectivity index (χ1n) is 12.9. The van der Waals surface area contributed by atoms with Crippen molar-refractivity contribution in [2.24, 2.45) is 17.3 Å². The van der Waals surface area contributed by atoms with E-state index in [-0.39, 0.29) is 41.5 Å². The minimum absolute atomic E-state index is 0.0924. The van der Waals surface area contributed by atoms with Gasteiger partial charge in [0.05, 0.1) is 23.3 Å². The Balaban J connectivity index is 1.21. The molecule has 2 saturated carbocycles. The molecule has 9 atom stereocenters. The number of carbonyl (C=O) groups is 2. The van der Waals surface area contributed by atoms with Crippen molar-refractivity contribution < 1.29 is 33.3 Å². The normalized spacial score (nSPS) is 48.3. The second kappa shape index (κ2) is 6.21. The van der Waals surface area contributed by atoms with Gasteiger partial charge in [-0.2, -0.15) is 5.26 Å². The van der Waals surface area contributed by atoms with Gasteiger partial charge in [-0.25, -0.2) is 9.59 Å². The minimum Gasteiger partial charge on any atom is -0.458 e. The molecule has 3 saturated heterocycles. The van der Waals surface area contributed by atoms with Crippen LogP contribution in [0.25, 0.3) is 0 Å². The number of fused-ring (bicyclic) bond motifs is 4. The van der Waals surface area contributed by atoms with Crippen molar-refractivity contribution in [1.82, 2.24) is 0 Å². The van der Waals surface area contributed by atoms with Gasteiger partial charge in [-0.15, -0.1) is 0 Å². The van der Waals surface area contributed by atoms with Crippen LogP contribution in [0.3, 0.4) is 0 Å². The van der Waals surface area contributed by atoms with Crippen molar-refractivity contribution in [1.29, 1.82) is 5.26 Å². The third-order valence-corrected chi connectivity index (χ3v) is 10.5. The average Bonchev–Trinajstić information content (AvgIpc) is 3.77. The zero-order valence-corrected chi connectivity index (χ0v) is 20.4. The third kappa shape index (κ3) is 2.08. The minimum atomic E-state index is -0.774. The van der Waals surface area contributed by atoms with Gasteiger partial charge in [0, 0.05) is 11.0 Å². The maximum atomic E-state index is 13.4. The second-order valence-electron chi connectivity index (χ2n) is 12.0. The molecule has 0 radical (unpaired) electrons. The summed E-state index contributed by atoms with van der Waals surface area (Å²) in [7, 11) is 0. The van der Waals surface area contributed by atoms with Crippen molar-refractivity contribution in [2.75, 3.05) is 6.61 Å². The number of rotatable bonds is 3. The lowest BCUT2D eigenvalue weighted by molar-refractivity contribution is -0.136. The van der Waals surface area contributed by atoms with Crippen LogP contribution in [-0.4, -0.2) is 59.8 Å². The van der Waals surface area contributed by atoms with Crippen LogP contribution in [0.4, 0.5) is 0 Å². The number of carbonyl (C=O) groups excluding carboxylic acids is 2. The molecule has 0 bridgehead atoms. The Morgan fingerprint density at radius 3 is 2.67 bits per heavy atom. The number of nitrogens with zero attached hydrogens (tertiary/aromatic N) is 1. The Bertz CT molecular complexity index is 1330. The molecule has 8 rings (SSSR count). The number of esters is 2. The van der Waals surface area contributed by atoms with E-state index in [0.717, 1.165) is 24.0 Å². The Hall–Kier alpha value is -2.73. The lowest BCUT2D eigenvalue weighted by Gasteiger charge is -2.53. The summed E-state index contributed by atoms with van der Waals surface area (Å²) in [4.78, 5) is 25.8. The Morgan fingerprint density at radius 1 is 1.17 bits per heavy atom. The van der Waals surface area contributed by atoms with Gasteiger partial charge in [0.15, 0.2) is 11.7 Å². The molecule has 4 aliphatic heterocycles. The highest BCUT2D eigenvalue weighted by molar-refractivity contribution is 5.92. The molecule has 2 unspecified atom stereocenters. The molecule has 1 aromatic rings. The maximum Gasteiger partial charge on any atom is 0.338 e. The first kappa shape index (κ1) is 21.4. The SMILES string of the molecule is CC(C)[C@@]12O[C@@H]1[C@H]1OC13C1(O[C@H]1C[C@@H]1C4=C(CC[C@@]13C)C(=O)OC4)[C@@H]2OC(=O)c1ccc(C#N)cc1. The van der Waals surface area contributed by atoms with Crippen LogP contribution < -0.4 is 0 Å². The van der Waals surface area contributed by atoms with Gasteiger partial charge < -0.3 is 23.7 Å². The molecule has 0 aromatic heterocycles. The van der Waals surface area contributed by atoms with E-state index in [0.29, 0.717) is 24.2 Å². The molecule has 3 aliphatic carbocycles. The number of ether oxygens (including phenoxy) is 5. The van der Waals surface area contributed by atoms with Gasteiger partial charge in [-0.05, 0) is 60.9 Å². The quantitative estimate of drug-likeness (QED) is 0.470. The highest BCUT2D eigenvalue weighted by Gasteiger charge is 3.01. The topological polar surface area (TPSA) is 114 Å². The molecule has 1 aromatic carbocycles. The maximum absolute atomic E-state index is 13.4. The largest absolute Gasteiger partial charge is 0.458 e. The van der Waals surface area contributed by atoms with Gasteiger partial charge in [-0.1, -0.05) is 20.8 Å². The molecule has 4 heterocycles. The van der Waals surface area contributed by atoms with Crippen LogP contribution in [0.5, 0.6) is 0 Å². The van der Waals surface area contributed by atoms with E-state index in [2.05, 4.69) is 26.8 Å². The van der Waals surface area contributed by atoms with Gasteiger partial charge >= 0.3 is 11.9 Å². The highest BCUT2D eigenvalue weighted by atomic mass is 16.8. The van der Waals surface area contributed by atoms with E-state index in [9.17, 15) is 9.59 Å². The summed E-state index contributed by atoms with van der Waals surface area (Å²) >= 11 is 0. The predicted octanol–water partition coefficient (Wildman–Crippen LogP) is 2.84. The highest BCUT2D eigenvalue weighted by Crippen LogP contribution is 2.83. The lowest BCUT2D eigenvalue weighted by Crippen LogP contribution is -2.70. The van der Waals surface area contributed by atoms with Gasteiger partial charge in [0.1, 0.15) is 30.0 Å². The standard InChI is InChI=1S/C28H27NO7/c1-13(2)26-20(35-26)21-28(36-21)25(3)9-8-16-17(12-32-23(16)31)18(25)10-19-27(28,34-19)24(26)33-22(30)15-6-4-14(11-29)5-7-15/h4-7,13,18-21,24H,8-10,12H2,1-3H3/t18-,19+,20-,21-,24-,25+,26-,27?,28?/m1/s1. The third-order valence-electron chi connectivity index (χ3n) is 10.5. The van der Waals surface area contributed by atoms with E-state index >= 15 is 0 Å². The van der Waals surface area contributed by atoms with Crippen molar-refractivity contribution in [3.63, 3.8) is 0 Å². The summed E-state index contributed by atoms with van der Waals surface area (Å²) in [5.41, 5.74) is 0.458. The summed E-state index contributed by atoms with van der Waals surface area (Å²) in [5, 5.41) is 9.11. The number of hydrogen-bond donors (Lipinski definition) is 0. The summed E-state index contributed by atoms with van der Waals surface area (Å²) in [6, 6.07) is 8.56. The van der Waals surface area contributed by atoms with Crippen LogP contribution in [0.1, 0.15) is 56.0 Å². The van der Waals surface area contributed by atoms with E-state index < -0.39 is 28.9 Å². The average molecular weight is 490 g/mol. The molecule has 5 fully saturated rings. The molecule has 36 heavy (non-hydrogen) atoms. The van der Waals surface area contributed by atoms with Crippen molar-refractivity contribution in [2.45, 2.75) is 81.3 Å². The van der Waals surface area contributed by atoms with Gasteiger partial charge in [-0.3, -0.25) is 0 Å². The molecule has 8 heteroatoms. The van der Waals surface area contributed by atoms with Crippen LogP contribution in [0.15, 0.2) is 35.4 Å². The van der Waals surface area contributed by atoms with Crippen LogP contribution in [-0.2, 0) is 28.5 Å². The van der Waals surface area contributed by atoms with E-state index in [1.807, 2.05) is 0 Å². The first-order chi connectivity index (χ1) is 17.2. The monoisotopic (exact) mass is 489 g/mol. The van der Waals surface area contributed by atoms with Crippen molar-refractivity contribution >= 4 is 11.9 Å². The molecule has 0 amide bonds. The molecular formula is C28H27NO7. The molecule has 8 nitrogen and oxygen atoms in total. The molecule has 186 valence electrons. The molecule has 7 aliphatic rings. The van der Waals surface area contributed by atoms with Gasteiger partial charge in [0.2, 0.25) is 0 Å². The fraction of sp³-hybridized carbons (Fsp3) is 0.607. The van der Waals surface area contributed by atoms with Crippen LogP contribution in [0.2, 0.25) is 0 Å². The fourth-order valence-electron chi connectivity index (χ4n) is 8.70. The smallest absolute Gasteiger partial charge is 0.338 e. The summed E-state index contributed by atoms with van der Waals surface area (Å²) < 4.78 is 31.6. The van der Waals surface area contributed by atoms with Gasteiger partial charge in [0.25, 0.3) is 0 Å². The van der Waals surface area contributed by atoms with Crippen molar-refractivity contribution in [3.8, 4) is 6.07 Å². The number of epoxide rings is 3. The zero-order valence-electron chi connectivity index (χ0n) is 20.4. The van der Waals surface area contributed by atoms with Crippen LogP contribution >= 0.6 is 0 Å². The van der Waals surface area contributed by atoms with Crippen LogP contribution in [0, 0.1) is 28.6 Å². The van der Waals surface area contributed by atoms with E-state index in [1.54, 1.807) is 24.3 Å². The van der Waals surface area contributed by atoms with E-state index in [4.69, 9.17) is 28.9 Å². The Labute approximate surface area is 208 Å². The molecule has 0 N–H and O–H groups in total.